The third kappa shape index (κ3) is 7.78. The number of ether oxygens (including phenoxy) is 1. The molecule has 0 aromatic carbocycles. The van der Waals surface area contributed by atoms with Crippen LogP contribution in [0, 0.1) is 0 Å². The Hall–Kier alpha value is -0.220. The van der Waals surface area contributed by atoms with Crippen LogP contribution >= 0.6 is 0 Å². The largest absolute Gasteiger partial charge is 0.383 e. The predicted molar refractivity (Wildman–Crippen MR) is 30.7 cm³/mol. The minimum absolute atomic E-state index is 0.247. The van der Waals surface area contributed by atoms with Gasteiger partial charge in [-0.25, -0.2) is 8.78 Å². The van der Waals surface area contributed by atoms with Crippen LogP contribution < -0.4 is 5.32 Å². The van der Waals surface area contributed by atoms with Crippen LogP contribution in [-0.4, -0.2) is 33.2 Å². The fraction of sp³-hybridized carbons (Fsp3) is 1.00. The molecule has 0 heterocycles. The lowest BCUT2D eigenvalue weighted by Gasteiger charge is -2.00. The molecule has 0 aliphatic heterocycles. The summed E-state index contributed by atoms with van der Waals surface area (Å²) >= 11 is 0. The van der Waals surface area contributed by atoms with Crippen molar-refractivity contribution < 1.29 is 13.5 Å². The van der Waals surface area contributed by atoms with E-state index in [1.54, 1.807) is 0 Å². The highest BCUT2D eigenvalue weighted by molar-refractivity contribution is 4.46. The van der Waals surface area contributed by atoms with Crippen molar-refractivity contribution in [1.82, 2.24) is 5.32 Å². The van der Waals surface area contributed by atoms with E-state index in [9.17, 15) is 8.78 Å². The number of alkyl halides is 2. The standard InChI is InChI=1S/C5H11F2NO/c1-9-3-2-8-4-5(6)7/h5,8H,2-4H2,1H3. The van der Waals surface area contributed by atoms with Crippen LogP contribution in [0.4, 0.5) is 8.78 Å². The first-order chi connectivity index (χ1) is 4.27. The number of methoxy groups -OCH3 is 1. The first-order valence-electron chi connectivity index (χ1n) is 2.75. The first kappa shape index (κ1) is 8.78. The van der Waals surface area contributed by atoms with Crippen molar-refractivity contribution in [3.8, 4) is 0 Å². The van der Waals surface area contributed by atoms with Crippen LogP contribution in [0.5, 0.6) is 0 Å². The first-order valence-corrected chi connectivity index (χ1v) is 2.75. The van der Waals surface area contributed by atoms with Crippen molar-refractivity contribution in [1.29, 1.82) is 0 Å². The quantitative estimate of drug-likeness (QED) is 0.559. The molecule has 0 aliphatic carbocycles. The maximum atomic E-state index is 11.4. The van der Waals surface area contributed by atoms with Crippen molar-refractivity contribution in [2.45, 2.75) is 6.43 Å². The van der Waals surface area contributed by atoms with Gasteiger partial charge in [0.2, 0.25) is 0 Å². The molecule has 56 valence electrons. The number of hydrogen-bond donors (Lipinski definition) is 1. The van der Waals surface area contributed by atoms with Crippen LogP contribution in [0.25, 0.3) is 0 Å². The van der Waals surface area contributed by atoms with Gasteiger partial charge >= 0.3 is 0 Å². The lowest BCUT2D eigenvalue weighted by molar-refractivity contribution is 0.138. The van der Waals surface area contributed by atoms with Crippen molar-refractivity contribution in [3.05, 3.63) is 0 Å². The molecule has 0 aromatic heterocycles. The van der Waals surface area contributed by atoms with E-state index in [2.05, 4.69) is 10.1 Å². The minimum Gasteiger partial charge on any atom is -0.383 e. The van der Waals surface area contributed by atoms with E-state index in [0.29, 0.717) is 13.2 Å². The van der Waals surface area contributed by atoms with E-state index >= 15 is 0 Å². The third-order valence-electron chi connectivity index (χ3n) is 0.782. The third-order valence-corrected chi connectivity index (χ3v) is 0.782. The van der Waals surface area contributed by atoms with Crippen LogP contribution in [0.3, 0.4) is 0 Å². The Kier molecular flexibility index (Phi) is 5.76. The molecule has 0 rings (SSSR count). The van der Waals surface area contributed by atoms with E-state index < -0.39 is 6.43 Å². The molecule has 0 atom stereocenters. The fourth-order valence-electron chi connectivity index (χ4n) is 0.385. The molecule has 0 spiro atoms. The van der Waals surface area contributed by atoms with Crippen LogP contribution in [0.1, 0.15) is 0 Å². The number of hydrogen-bond acceptors (Lipinski definition) is 2. The topological polar surface area (TPSA) is 21.3 Å². The molecular formula is C5H11F2NO. The number of nitrogens with one attached hydrogen (secondary N) is 1. The van der Waals surface area contributed by atoms with Gasteiger partial charge in [-0.3, -0.25) is 0 Å². The van der Waals surface area contributed by atoms with Gasteiger partial charge in [0.25, 0.3) is 6.43 Å². The molecule has 0 saturated carbocycles. The number of halogens is 2. The summed E-state index contributed by atoms with van der Waals surface area (Å²) in [5.41, 5.74) is 0. The molecule has 0 unspecified atom stereocenters. The zero-order valence-electron chi connectivity index (χ0n) is 5.36. The van der Waals surface area contributed by atoms with Crippen molar-refractivity contribution >= 4 is 0 Å². The molecular weight excluding hydrogens is 128 g/mol. The molecule has 0 radical (unpaired) electrons. The summed E-state index contributed by atoms with van der Waals surface area (Å²) in [6, 6.07) is 0. The Morgan fingerprint density at radius 2 is 2.22 bits per heavy atom. The van der Waals surface area contributed by atoms with Crippen LogP contribution in [0.2, 0.25) is 0 Å². The highest BCUT2D eigenvalue weighted by atomic mass is 19.3. The maximum Gasteiger partial charge on any atom is 0.250 e. The van der Waals surface area contributed by atoms with Gasteiger partial charge in [-0.15, -0.1) is 0 Å². The Bertz CT molecular complexity index is 60.9. The Morgan fingerprint density at radius 1 is 1.56 bits per heavy atom. The van der Waals surface area contributed by atoms with Gasteiger partial charge in [-0.2, -0.15) is 0 Å². The van der Waals surface area contributed by atoms with Gasteiger partial charge in [0.15, 0.2) is 0 Å². The number of rotatable bonds is 5. The summed E-state index contributed by atoms with van der Waals surface area (Å²) in [5, 5.41) is 2.51. The van der Waals surface area contributed by atoms with Crippen LogP contribution in [-0.2, 0) is 4.74 Å². The van der Waals surface area contributed by atoms with Gasteiger partial charge in [-0.05, 0) is 0 Å². The van der Waals surface area contributed by atoms with E-state index in [0.717, 1.165) is 0 Å². The van der Waals surface area contributed by atoms with Crippen molar-refractivity contribution in [2.24, 2.45) is 0 Å². The van der Waals surface area contributed by atoms with Crippen molar-refractivity contribution in [3.63, 3.8) is 0 Å². The second kappa shape index (κ2) is 5.91. The summed E-state index contributed by atoms with van der Waals surface area (Å²) in [6.45, 7) is 0.719. The molecule has 0 fully saturated rings. The smallest absolute Gasteiger partial charge is 0.250 e. The summed E-state index contributed by atoms with van der Waals surface area (Å²) in [5.74, 6) is 0. The zero-order chi connectivity index (χ0) is 7.11. The molecule has 0 amide bonds. The maximum absolute atomic E-state index is 11.4. The highest BCUT2D eigenvalue weighted by Crippen LogP contribution is 1.86. The van der Waals surface area contributed by atoms with E-state index in [1.165, 1.54) is 7.11 Å². The Balaban J connectivity index is 2.75. The monoisotopic (exact) mass is 139 g/mol. The summed E-state index contributed by atoms with van der Waals surface area (Å²) in [6.07, 6.45) is -2.26. The van der Waals surface area contributed by atoms with Gasteiger partial charge in [0.1, 0.15) is 0 Å². The molecule has 1 N–H and O–H groups in total. The zero-order valence-corrected chi connectivity index (χ0v) is 5.36. The second-order valence-electron chi connectivity index (χ2n) is 1.59. The second-order valence-corrected chi connectivity index (χ2v) is 1.59. The molecule has 9 heavy (non-hydrogen) atoms. The van der Waals surface area contributed by atoms with Crippen LogP contribution in [0.15, 0.2) is 0 Å². The summed E-state index contributed by atoms with van der Waals surface area (Å²) in [4.78, 5) is 0. The molecule has 0 aromatic rings. The van der Waals surface area contributed by atoms with Crippen molar-refractivity contribution in [2.75, 3.05) is 26.8 Å². The Labute approximate surface area is 53.2 Å². The van der Waals surface area contributed by atoms with E-state index in [1.807, 2.05) is 0 Å². The van der Waals surface area contributed by atoms with Gasteiger partial charge < -0.3 is 10.1 Å². The minimum atomic E-state index is -2.26. The SMILES string of the molecule is COCCNCC(F)F. The molecule has 0 bridgehead atoms. The molecule has 2 nitrogen and oxygen atoms in total. The summed E-state index contributed by atoms with van der Waals surface area (Å²) in [7, 11) is 1.53. The highest BCUT2D eigenvalue weighted by Gasteiger charge is 1.98. The Morgan fingerprint density at radius 3 is 2.67 bits per heavy atom. The predicted octanol–water partition coefficient (Wildman–Crippen LogP) is 0.487. The summed E-state index contributed by atoms with van der Waals surface area (Å²) < 4.78 is 27.3. The van der Waals surface area contributed by atoms with Gasteiger partial charge in [0, 0.05) is 13.7 Å². The fourth-order valence-corrected chi connectivity index (χ4v) is 0.385. The van der Waals surface area contributed by atoms with Gasteiger partial charge in [0.05, 0.1) is 13.2 Å². The lowest BCUT2D eigenvalue weighted by atomic mass is 10.6. The normalized spacial score (nSPS) is 10.7. The average molecular weight is 139 g/mol. The van der Waals surface area contributed by atoms with E-state index in [4.69, 9.17) is 0 Å². The average Bonchev–Trinajstić information content (AvgIpc) is 1.80. The lowest BCUT2D eigenvalue weighted by Crippen LogP contribution is -2.24. The molecule has 0 saturated heterocycles. The van der Waals surface area contributed by atoms with E-state index in [-0.39, 0.29) is 6.54 Å². The van der Waals surface area contributed by atoms with Gasteiger partial charge in [-0.1, -0.05) is 0 Å². The molecule has 4 heteroatoms. The molecule has 0 aliphatic rings.